The van der Waals surface area contributed by atoms with Crippen LogP contribution < -0.4 is 0 Å². The Morgan fingerprint density at radius 2 is 1.05 bits per heavy atom. The van der Waals surface area contributed by atoms with Crippen LogP contribution in [0.1, 0.15) is 106 Å². The van der Waals surface area contributed by atoms with Crippen molar-refractivity contribution in [3.8, 4) is 0 Å². The summed E-state index contributed by atoms with van der Waals surface area (Å²) in [7, 11) is 0. The Balaban J connectivity index is 3.20. The van der Waals surface area contributed by atoms with Gasteiger partial charge in [0.25, 0.3) is 0 Å². The van der Waals surface area contributed by atoms with E-state index in [2.05, 4.69) is 53.7 Å². The zero-order valence-corrected chi connectivity index (χ0v) is 15.2. The van der Waals surface area contributed by atoms with E-state index in [-0.39, 0.29) is 0 Å². The Bertz CT molecular complexity index is 234. The van der Waals surface area contributed by atoms with Gasteiger partial charge in [0, 0.05) is 0 Å². The first-order chi connectivity index (χ1) is 9.21. The van der Waals surface area contributed by atoms with E-state index in [0.717, 1.165) is 0 Å². The highest BCUT2D eigenvalue weighted by Gasteiger charge is 2.08. The Kier molecular flexibility index (Phi) is 10.3. The van der Waals surface area contributed by atoms with Gasteiger partial charge < -0.3 is 0 Å². The summed E-state index contributed by atoms with van der Waals surface area (Å²) in [5.41, 5.74) is 0.883. The lowest BCUT2D eigenvalue weighted by molar-refractivity contribution is 0.356. The molecule has 0 aliphatic carbocycles. The summed E-state index contributed by atoms with van der Waals surface area (Å²) >= 11 is 0. The quantitative estimate of drug-likeness (QED) is 0.286. The molecule has 0 nitrogen and oxygen atoms in total. The molecule has 0 aliphatic heterocycles. The van der Waals surface area contributed by atoms with Gasteiger partial charge in [-0.1, -0.05) is 98.6 Å². The maximum atomic E-state index is 2.37. The zero-order valence-electron chi connectivity index (χ0n) is 15.2. The van der Waals surface area contributed by atoms with E-state index >= 15 is 0 Å². The summed E-state index contributed by atoms with van der Waals surface area (Å²) in [5, 5.41) is 0. The van der Waals surface area contributed by atoms with Gasteiger partial charge >= 0.3 is 0 Å². The molecule has 0 aromatic heterocycles. The fraction of sp³-hybridized carbons (Fsp3) is 0.900. The molecule has 0 fully saturated rings. The summed E-state index contributed by atoms with van der Waals surface area (Å²) in [6.45, 7) is 13.8. The molecular formula is C20H40. The lowest BCUT2D eigenvalue weighted by Gasteiger charge is -2.17. The molecule has 0 N–H and O–H groups in total. The third-order valence-corrected chi connectivity index (χ3v) is 3.67. The van der Waals surface area contributed by atoms with Crippen LogP contribution in [0.4, 0.5) is 0 Å². The van der Waals surface area contributed by atoms with Gasteiger partial charge in [-0.25, -0.2) is 0 Å². The van der Waals surface area contributed by atoms with Crippen LogP contribution in [-0.2, 0) is 0 Å². The average molecular weight is 281 g/mol. The Morgan fingerprint density at radius 1 is 0.600 bits per heavy atom. The minimum Gasteiger partial charge on any atom is -0.0880 e. The molecule has 0 aliphatic rings. The molecule has 120 valence electrons. The number of hydrogen-bond donors (Lipinski definition) is 0. The molecule has 0 amide bonds. The average Bonchev–Trinajstić information content (AvgIpc) is 2.27. The smallest absolute Gasteiger partial charge is 0.0203 e. The summed E-state index contributed by atoms with van der Waals surface area (Å²) in [5.74, 6) is 0. The first kappa shape index (κ1) is 19.7. The van der Waals surface area contributed by atoms with Gasteiger partial charge in [-0.3, -0.25) is 0 Å². The number of rotatable bonds is 10. The van der Waals surface area contributed by atoms with E-state index in [1.807, 2.05) is 0 Å². The Morgan fingerprint density at radius 3 is 1.50 bits per heavy atom. The van der Waals surface area contributed by atoms with Crippen LogP contribution in [-0.4, -0.2) is 0 Å². The molecule has 0 radical (unpaired) electrons. The third kappa shape index (κ3) is 17.7. The molecule has 0 rings (SSSR count). The molecule has 0 aromatic carbocycles. The second-order valence-electron chi connectivity index (χ2n) is 8.70. The van der Waals surface area contributed by atoms with Crippen LogP contribution in [0, 0.1) is 10.8 Å². The molecule has 0 spiro atoms. The lowest BCUT2D eigenvalue weighted by atomic mass is 9.89. The van der Waals surface area contributed by atoms with Crippen molar-refractivity contribution in [3.05, 3.63) is 12.2 Å². The van der Waals surface area contributed by atoms with E-state index in [1.54, 1.807) is 0 Å². The Hall–Kier alpha value is -0.260. The minimum absolute atomic E-state index is 0.354. The van der Waals surface area contributed by atoms with Gasteiger partial charge in [-0.05, 0) is 30.1 Å². The molecular weight excluding hydrogens is 240 g/mol. The fourth-order valence-electron chi connectivity index (χ4n) is 2.42. The van der Waals surface area contributed by atoms with Crippen molar-refractivity contribution >= 4 is 0 Å². The maximum Gasteiger partial charge on any atom is -0.0203 e. The van der Waals surface area contributed by atoms with E-state index in [4.69, 9.17) is 0 Å². The van der Waals surface area contributed by atoms with Crippen LogP contribution in [0.25, 0.3) is 0 Å². The summed E-state index contributed by atoms with van der Waals surface area (Å²) in [4.78, 5) is 0. The van der Waals surface area contributed by atoms with Crippen molar-refractivity contribution in [1.29, 1.82) is 0 Å². The minimum atomic E-state index is 0.354. The first-order valence-corrected chi connectivity index (χ1v) is 8.88. The second kappa shape index (κ2) is 10.5. The molecule has 0 aromatic rings. The maximum absolute atomic E-state index is 2.37. The normalized spacial score (nSPS) is 13.3. The second-order valence-corrected chi connectivity index (χ2v) is 8.70. The highest BCUT2D eigenvalue weighted by atomic mass is 14.1. The number of hydrogen-bond acceptors (Lipinski definition) is 0. The molecule has 0 saturated heterocycles. The summed E-state index contributed by atoms with van der Waals surface area (Å²) < 4.78 is 0. The van der Waals surface area contributed by atoms with E-state index in [9.17, 15) is 0 Å². The summed E-state index contributed by atoms with van der Waals surface area (Å²) in [6.07, 6.45) is 18.8. The third-order valence-electron chi connectivity index (χ3n) is 3.67. The van der Waals surface area contributed by atoms with Gasteiger partial charge in [-0.15, -0.1) is 0 Å². The molecule has 0 unspecified atom stereocenters. The van der Waals surface area contributed by atoms with Gasteiger partial charge in [0.05, 0.1) is 0 Å². The molecule has 0 heteroatoms. The van der Waals surface area contributed by atoms with Gasteiger partial charge in [0.15, 0.2) is 0 Å². The van der Waals surface area contributed by atoms with Gasteiger partial charge in [0.2, 0.25) is 0 Å². The van der Waals surface area contributed by atoms with Crippen LogP contribution in [0.5, 0.6) is 0 Å². The van der Waals surface area contributed by atoms with Crippen molar-refractivity contribution in [3.63, 3.8) is 0 Å². The van der Waals surface area contributed by atoms with E-state index < -0.39 is 0 Å². The molecule has 0 bridgehead atoms. The monoisotopic (exact) mass is 280 g/mol. The lowest BCUT2D eigenvalue weighted by Crippen LogP contribution is -2.03. The topological polar surface area (TPSA) is 0 Å². The highest BCUT2D eigenvalue weighted by molar-refractivity contribution is 4.91. The molecule has 0 saturated carbocycles. The number of allylic oxidation sites excluding steroid dienone is 2. The zero-order chi connectivity index (χ0) is 15.5. The largest absolute Gasteiger partial charge is 0.0880 e. The van der Waals surface area contributed by atoms with Crippen LogP contribution in [0.2, 0.25) is 0 Å². The highest BCUT2D eigenvalue weighted by Crippen LogP contribution is 2.22. The summed E-state index contributed by atoms with van der Waals surface area (Å²) in [6, 6.07) is 0. The van der Waals surface area contributed by atoms with Gasteiger partial charge in [0.1, 0.15) is 0 Å². The van der Waals surface area contributed by atoms with Crippen LogP contribution >= 0.6 is 0 Å². The molecule has 20 heavy (non-hydrogen) atoms. The van der Waals surface area contributed by atoms with Crippen LogP contribution in [0.15, 0.2) is 12.2 Å². The van der Waals surface area contributed by atoms with E-state index in [0.29, 0.717) is 10.8 Å². The molecule has 0 heterocycles. The van der Waals surface area contributed by atoms with E-state index in [1.165, 1.54) is 64.2 Å². The predicted octanol–water partition coefficient (Wildman–Crippen LogP) is 7.54. The van der Waals surface area contributed by atoms with Crippen molar-refractivity contribution in [2.24, 2.45) is 10.8 Å². The Labute approximate surface area is 129 Å². The van der Waals surface area contributed by atoms with Crippen molar-refractivity contribution in [1.82, 2.24) is 0 Å². The van der Waals surface area contributed by atoms with Crippen molar-refractivity contribution in [2.75, 3.05) is 0 Å². The van der Waals surface area contributed by atoms with Gasteiger partial charge in [-0.2, -0.15) is 0 Å². The predicted molar refractivity (Wildman–Crippen MR) is 94.2 cm³/mol. The van der Waals surface area contributed by atoms with Crippen molar-refractivity contribution in [2.45, 2.75) is 106 Å². The first-order valence-electron chi connectivity index (χ1n) is 8.88. The fourth-order valence-corrected chi connectivity index (χ4v) is 2.42. The number of unbranched alkanes of at least 4 members (excludes halogenated alkanes) is 8. The van der Waals surface area contributed by atoms with Crippen molar-refractivity contribution < 1.29 is 0 Å². The SMILES string of the molecule is CC(C)(C)C=CCCCCCCCCCCC(C)(C)C. The molecule has 0 atom stereocenters. The van der Waals surface area contributed by atoms with Crippen LogP contribution in [0.3, 0.4) is 0 Å². The standard InChI is InChI=1S/C20H40/c1-19(2,3)17-15-13-11-9-7-8-10-12-14-16-18-20(4,5)6/h15,17H,7-14,16,18H2,1-6H3.